The molecule has 0 aromatic heterocycles. The van der Waals surface area contributed by atoms with Gasteiger partial charge in [0.05, 0.1) is 13.5 Å². The van der Waals surface area contributed by atoms with E-state index in [1.54, 1.807) is 7.11 Å². The summed E-state index contributed by atoms with van der Waals surface area (Å²) in [5, 5.41) is 0. The number of methoxy groups -OCH3 is 1. The van der Waals surface area contributed by atoms with Crippen molar-refractivity contribution in [1.29, 1.82) is 0 Å². The zero-order chi connectivity index (χ0) is 17.9. The van der Waals surface area contributed by atoms with Crippen LogP contribution in [0.5, 0.6) is 5.75 Å². The van der Waals surface area contributed by atoms with E-state index < -0.39 is 0 Å². The number of carbonyl (C=O) groups is 1. The largest absolute Gasteiger partial charge is 0.497 e. The highest BCUT2D eigenvalue weighted by Gasteiger charge is 2.24. The smallest absolute Gasteiger partial charge is 0.231 e. The first-order valence-corrected chi connectivity index (χ1v) is 9.56. The summed E-state index contributed by atoms with van der Waals surface area (Å²) in [5.74, 6) is 0.995. The van der Waals surface area contributed by atoms with Crippen LogP contribution in [0.15, 0.2) is 42.5 Å². The topological polar surface area (TPSA) is 32.8 Å². The van der Waals surface area contributed by atoms with Crippen LogP contribution in [-0.2, 0) is 17.6 Å². The van der Waals surface area contributed by atoms with E-state index in [0.717, 1.165) is 49.5 Å². The fraction of sp³-hybridized carbons (Fsp3) is 0.409. The van der Waals surface area contributed by atoms with Gasteiger partial charge in [-0.3, -0.25) is 4.79 Å². The van der Waals surface area contributed by atoms with Crippen LogP contribution in [-0.4, -0.2) is 32.7 Å². The van der Waals surface area contributed by atoms with Crippen molar-refractivity contribution in [3.05, 3.63) is 53.6 Å². The van der Waals surface area contributed by atoms with Gasteiger partial charge in [0.1, 0.15) is 5.75 Å². The molecule has 1 amide bonds. The van der Waals surface area contributed by atoms with Crippen molar-refractivity contribution >= 4 is 17.3 Å². The summed E-state index contributed by atoms with van der Waals surface area (Å²) < 4.78 is 5.20. The number of fused-ring (bicyclic) bond motifs is 1. The van der Waals surface area contributed by atoms with Gasteiger partial charge in [0.2, 0.25) is 5.91 Å². The van der Waals surface area contributed by atoms with Gasteiger partial charge in [0, 0.05) is 31.0 Å². The maximum Gasteiger partial charge on any atom is 0.231 e. The first kappa shape index (κ1) is 17.0. The number of amides is 1. The molecule has 4 rings (SSSR count). The molecule has 1 fully saturated rings. The Bertz CT molecular complexity index is 779. The molecule has 0 aliphatic carbocycles. The van der Waals surface area contributed by atoms with Crippen molar-refractivity contribution < 1.29 is 9.53 Å². The molecule has 0 atom stereocenters. The Morgan fingerprint density at radius 1 is 1.00 bits per heavy atom. The van der Waals surface area contributed by atoms with Crippen LogP contribution in [0.3, 0.4) is 0 Å². The second-order valence-electron chi connectivity index (χ2n) is 7.18. The highest BCUT2D eigenvalue weighted by molar-refractivity contribution is 5.96. The number of benzene rings is 2. The summed E-state index contributed by atoms with van der Waals surface area (Å²) in [6.45, 7) is 3.06. The van der Waals surface area contributed by atoms with Crippen molar-refractivity contribution in [2.45, 2.75) is 32.1 Å². The number of hydrogen-bond donors (Lipinski definition) is 0. The number of ether oxygens (including phenoxy) is 1. The SMILES string of the molecule is COc1ccc(CC(=O)N2CCCc3ccc(N4CCCC4)cc32)cc1. The highest BCUT2D eigenvalue weighted by atomic mass is 16.5. The van der Waals surface area contributed by atoms with Crippen molar-refractivity contribution in [3.8, 4) is 5.75 Å². The van der Waals surface area contributed by atoms with E-state index in [2.05, 4.69) is 23.1 Å². The molecule has 0 saturated carbocycles. The molecule has 26 heavy (non-hydrogen) atoms. The predicted octanol–water partition coefficient (Wildman–Crippen LogP) is 3.82. The molecule has 0 unspecified atom stereocenters. The molecule has 1 saturated heterocycles. The summed E-state index contributed by atoms with van der Waals surface area (Å²) in [6, 6.07) is 14.4. The quantitative estimate of drug-likeness (QED) is 0.840. The van der Waals surface area contributed by atoms with Gasteiger partial charge in [0.15, 0.2) is 0 Å². The van der Waals surface area contributed by atoms with Crippen molar-refractivity contribution in [2.75, 3.05) is 36.5 Å². The average molecular weight is 350 g/mol. The lowest BCUT2D eigenvalue weighted by Crippen LogP contribution is -2.36. The van der Waals surface area contributed by atoms with Crippen molar-refractivity contribution in [2.24, 2.45) is 0 Å². The van der Waals surface area contributed by atoms with E-state index in [1.807, 2.05) is 29.2 Å². The number of hydrogen-bond acceptors (Lipinski definition) is 3. The molecule has 0 spiro atoms. The van der Waals surface area contributed by atoms with Crippen LogP contribution in [0, 0.1) is 0 Å². The van der Waals surface area contributed by atoms with E-state index in [9.17, 15) is 4.79 Å². The Labute approximate surface area is 155 Å². The lowest BCUT2D eigenvalue weighted by molar-refractivity contribution is -0.118. The van der Waals surface area contributed by atoms with Gasteiger partial charge in [-0.1, -0.05) is 18.2 Å². The Balaban J connectivity index is 1.55. The normalized spacial score (nSPS) is 16.5. The third kappa shape index (κ3) is 3.41. The van der Waals surface area contributed by atoms with Crippen LogP contribution in [0.4, 0.5) is 11.4 Å². The fourth-order valence-corrected chi connectivity index (χ4v) is 4.01. The van der Waals surface area contributed by atoms with E-state index in [-0.39, 0.29) is 5.91 Å². The minimum atomic E-state index is 0.176. The lowest BCUT2D eigenvalue weighted by Gasteiger charge is -2.31. The van der Waals surface area contributed by atoms with E-state index in [0.29, 0.717) is 6.42 Å². The molecule has 4 heteroatoms. The van der Waals surface area contributed by atoms with Gasteiger partial charge in [0.25, 0.3) is 0 Å². The number of aryl methyl sites for hydroxylation is 1. The standard InChI is InChI=1S/C22H26N2O2/c1-26-20-10-6-17(7-11-20)15-22(25)24-14-4-5-18-8-9-19(16-21(18)24)23-12-2-3-13-23/h6-11,16H,2-5,12-15H2,1H3. The van der Waals surface area contributed by atoms with E-state index in [4.69, 9.17) is 4.74 Å². The Kier molecular flexibility index (Phi) is 4.83. The van der Waals surface area contributed by atoms with Crippen LogP contribution in [0.2, 0.25) is 0 Å². The maximum atomic E-state index is 13.0. The number of anilines is 2. The second kappa shape index (κ2) is 7.40. The molecule has 0 radical (unpaired) electrons. The van der Waals surface area contributed by atoms with Gasteiger partial charge in [-0.2, -0.15) is 0 Å². The summed E-state index contributed by atoms with van der Waals surface area (Å²) in [5.41, 5.74) is 4.69. The van der Waals surface area contributed by atoms with Crippen molar-refractivity contribution in [1.82, 2.24) is 0 Å². The number of rotatable bonds is 4. The minimum Gasteiger partial charge on any atom is -0.497 e. The van der Waals surface area contributed by atoms with Crippen LogP contribution in [0.25, 0.3) is 0 Å². The first-order valence-electron chi connectivity index (χ1n) is 9.56. The molecule has 0 N–H and O–H groups in total. The molecular formula is C22H26N2O2. The molecule has 2 aromatic carbocycles. The molecule has 136 valence electrons. The summed E-state index contributed by atoms with van der Waals surface area (Å²) in [4.78, 5) is 17.4. The lowest BCUT2D eigenvalue weighted by atomic mass is 10.00. The van der Waals surface area contributed by atoms with E-state index in [1.165, 1.54) is 24.1 Å². The molecule has 2 aromatic rings. The van der Waals surface area contributed by atoms with Crippen LogP contribution < -0.4 is 14.5 Å². The number of carbonyl (C=O) groups excluding carboxylic acids is 1. The highest BCUT2D eigenvalue weighted by Crippen LogP contribution is 2.33. The summed E-state index contributed by atoms with van der Waals surface area (Å²) in [7, 11) is 1.66. The van der Waals surface area contributed by atoms with Crippen LogP contribution >= 0.6 is 0 Å². The summed E-state index contributed by atoms with van der Waals surface area (Å²) in [6.07, 6.45) is 5.04. The van der Waals surface area contributed by atoms with Gasteiger partial charge >= 0.3 is 0 Å². The Morgan fingerprint density at radius 2 is 1.77 bits per heavy atom. The maximum absolute atomic E-state index is 13.0. The predicted molar refractivity (Wildman–Crippen MR) is 105 cm³/mol. The molecule has 0 bridgehead atoms. The van der Waals surface area contributed by atoms with Gasteiger partial charge in [-0.05, 0) is 61.1 Å². The van der Waals surface area contributed by atoms with Gasteiger partial charge in [-0.25, -0.2) is 0 Å². The zero-order valence-electron chi connectivity index (χ0n) is 15.4. The minimum absolute atomic E-state index is 0.176. The number of nitrogens with zero attached hydrogens (tertiary/aromatic N) is 2. The van der Waals surface area contributed by atoms with Crippen LogP contribution in [0.1, 0.15) is 30.4 Å². The molecule has 2 aliphatic rings. The Morgan fingerprint density at radius 3 is 2.50 bits per heavy atom. The third-order valence-corrected chi connectivity index (χ3v) is 5.47. The third-order valence-electron chi connectivity index (χ3n) is 5.47. The monoisotopic (exact) mass is 350 g/mol. The fourth-order valence-electron chi connectivity index (χ4n) is 4.01. The molecule has 4 nitrogen and oxygen atoms in total. The van der Waals surface area contributed by atoms with Crippen molar-refractivity contribution in [3.63, 3.8) is 0 Å². The zero-order valence-corrected chi connectivity index (χ0v) is 15.4. The average Bonchev–Trinajstić information content (AvgIpc) is 3.22. The Hall–Kier alpha value is -2.49. The first-order chi connectivity index (χ1) is 12.7. The van der Waals surface area contributed by atoms with Gasteiger partial charge < -0.3 is 14.5 Å². The molecule has 2 aliphatic heterocycles. The summed E-state index contributed by atoms with van der Waals surface area (Å²) >= 11 is 0. The molecular weight excluding hydrogens is 324 g/mol. The molecule has 2 heterocycles. The van der Waals surface area contributed by atoms with E-state index >= 15 is 0 Å². The second-order valence-corrected chi connectivity index (χ2v) is 7.18. The van der Waals surface area contributed by atoms with Gasteiger partial charge in [-0.15, -0.1) is 0 Å².